The van der Waals surface area contributed by atoms with Gasteiger partial charge in [-0.3, -0.25) is 4.72 Å². The maximum absolute atomic E-state index is 14.4. The number of halogens is 5. The fraction of sp³-hybridized carbons (Fsp3) is 0.0526. The van der Waals surface area contributed by atoms with Crippen molar-refractivity contribution in [2.24, 2.45) is 0 Å². The number of hydrogen-bond acceptors (Lipinski definition) is 2. The largest absolute Gasteiger partial charge is 0.279 e. The molecule has 146 valence electrons. The maximum Gasteiger partial charge on any atom is 0.264 e. The van der Waals surface area contributed by atoms with E-state index >= 15 is 0 Å². The van der Waals surface area contributed by atoms with E-state index in [-0.39, 0.29) is 16.8 Å². The summed E-state index contributed by atoms with van der Waals surface area (Å²) in [7, 11) is -4.41. The Bertz CT molecular complexity index is 1150. The molecule has 0 atom stereocenters. The summed E-state index contributed by atoms with van der Waals surface area (Å²) in [6, 6.07) is 10.6. The molecule has 3 rings (SSSR count). The van der Waals surface area contributed by atoms with Gasteiger partial charge in [0.05, 0.1) is 5.69 Å². The first-order valence-electron chi connectivity index (χ1n) is 7.87. The number of sulfonamides is 1. The highest BCUT2D eigenvalue weighted by molar-refractivity contribution is 14.1. The van der Waals surface area contributed by atoms with Crippen LogP contribution in [0.5, 0.6) is 0 Å². The lowest BCUT2D eigenvalue weighted by Gasteiger charge is -2.15. The molecule has 0 fully saturated rings. The van der Waals surface area contributed by atoms with Gasteiger partial charge in [-0.1, -0.05) is 18.2 Å². The minimum absolute atomic E-state index is 0.0521. The second-order valence-corrected chi connectivity index (χ2v) is 8.73. The molecule has 1 N–H and O–H groups in total. The van der Waals surface area contributed by atoms with Gasteiger partial charge in [-0.05, 0) is 64.6 Å². The molecule has 0 spiro atoms. The number of rotatable bonds is 5. The van der Waals surface area contributed by atoms with E-state index < -0.39 is 44.6 Å². The zero-order valence-electron chi connectivity index (χ0n) is 14.0. The number of hydrogen-bond donors (Lipinski definition) is 1. The van der Waals surface area contributed by atoms with Gasteiger partial charge >= 0.3 is 0 Å². The first-order chi connectivity index (χ1) is 13.2. The molecule has 0 aliphatic carbocycles. The van der Waals surface area contributed by atoms with Gasteiger partial charge in [0.25, 0.3) is 10.0 Å². The summed E-state index contributed by atoms with van der Waals surface area (Å²) in [6.45, 7) is 0. The van der Waals surface area contributed by atoms with Gasteiger partial charge in [-0.25, -0.2) is 26.0 Å². The van der Waals surface area contributed by atoms with Crippen LogP contribution in [0.25, 0.3) is 0 Å². The Morgan fingerprint density at radius 3 is 2.25 bits per heavy atom. The van der Waals surface area contributed by atoms with Crippen molar-refractivity contribution in [1.29, 1.82) is 0 Å². The molecule has 9 heteroatoms. The van der Waals surface area contributed by atoms with Crippen molar-refractivity contribution >= 4 is 38.3 Å². The zero-order chi connectivity index (χ0) is 20.5. The van der Waals surface area contributed by atoms with Crippen LogP contribution in [0.1, 0.15) is 11.1 Å². The predicted octanol–water partition coefficient (Wildman–Crippen LogP) is 5.24. The molecule has 28 heavy (non-hydrogen) atoms. The van der Waals surface area contributed by atoms with Crippen molar-refractivity contribution in [3.8, 4) is 0 Å². The molecule has 0 unspecified atom stereocenters. The highest BCUT2D eigenvalue weighted by Crippen LogP contribution is 2.28. The first-order valence-corrected chi connectivity index (χ1v) is 10.4. The molecular formula is C19H12F4INO2S. The quantitative estimate of drug-likeness (QED) is 0.369. The summed E-state index contributed by atoms with van der Waals surface area (Å²) < 4.78 is 83.8. The van der Waals surface area contributed by atoms with Gasteiger partial charge in [0.1, 0.15) is 16.5 Å². The molecule has 0 amide bonds. The van der Waals surface area contributed by atoms with Crippen LogP contribution in [-0.4, -0.2) is 8.42 Å². The SMILES string of the molecule is O=S(=O)(Nc1ccc(F)c(F)c1Cc1ccc(I)cc1F)c1ccccc1F. The Morgan fingerprint density at radius 2 is 1.57 bits per heavy atom. The highest BCUT2D eigenvalue weighted by Gasteiger charge is 2.23. The Hall–Kier alpha value is -2.14. The number of nitrogens with one attached hydrogen (secondary N) is 1. The van der Waals surface area contributed by atoms with E-state index in [2.05, 4.69) is 4.72 Å². The monoisotopic (exact) mass is 521 g/mol. The van der Waals surface area contributed by atoms with Crippen molar-refractivity contribution in [3.63, 3.8) is 0 Å². The smallest absolute Gasteiger partial charge is 0.264 e. The molecule has 0 aliphatic heterocycles. The van der Waals surface area contributed by atoms with Crippen LogP contribution in [0.2, 0.25) is 0 Å². The predicted molar refractivity (Wildman–Crippen MR) is 105 cm³/mol. The van der Waals surface area contributed by atoms with E-state index in [9.17, 15) is 26.0 Å². The van der Waals surface area contributed by atoms with Crippen molar-refractivity contribution in [3.05, 3.63) is 92.6 Å². The summed E-state index contributed by atoms with van der Waals surface area (Å²) in [5.74, 6) is -4.16. The molecule has 0 heterocycles. The molecule has 0 saturated heterocycles. The molecule has 3 nitrogen and oxygen atoms in total. The summed E-state index contributed by atoms with van der Waals surface area (Å²) in [6.07, 6.45) is -0.401. The number of benzene rings is 3. The highest BCUT2D eigenvalue weighted by atomic mass is 127. The van der Waals surface area contributed by atoms with E-state index in [0.717, 1.165) is 24.3 Å². The van der Waals surface area contributed by atoms with Crippen LogP contribution >= 0.6 is 22.6 Å². The van der Waals surface area contributed by atoms with Crippen molar-refractivity contribution in [1.82, 2.24) is 0 Å². The lowest BCUT2D eigenvalue weighted by molar-refractivity contribution is 0.500. The van der Waals surface area contributed by atoms with Crippen molar-refractivity contribution in [2.45, 2.75) is 11.3 Å². The standard InChI is InChI=1S/C19H12F4INO2S/c20-14-3-1-2-4-18(14)28(26,27)25-17-8-7-15(21)19(23)13(17)9-11-5-6-12(24)10-16(11)22/h1-8,10,25H,9H2. The summed E-state index contributed by atoms with van der Waals surface area (Å²) in [4.78, 5) is -0.647. The zero-order valence-corrected chi connectivity index (χ0v) is 17.0. The van der Waals surface area contributed by atoms with Gasteiger partial charge in [-0.2, -0.15) is 0 Å². The summed E-state index contributed by atoms with van der Waals surface area (Å²) in [5, 5.41) is 0. The second-order valence-electron chi connectivity index (χ2n) is 5.84. The van der Waals surface area contributed by atoms with Gasteiger partial charge in [-0.15, -0.1) is 0 Å². The Kier molecular flexibility index (Phi) is 5.94. The third-order valence-electron chi connectivity index (χ3n) is 3.95. The molecular weight excluding hydrogens is 509 g/mol. The number of anilines is 1. The van der Waals surface area contributed by atoms with Gasteiger partial charge in [0, 0.05) is 15.6 Å². The molecule has 0 aromatic heterocycles. The Balaban J connectivity index is 2.05. The van der Waals surface area contributed by atoms with Gasteiger partial charge in [0.15, 0.2) is 11.6 Å². The molecule has 3 aromatic rings. The molecule has 0 saturated carbocycles. The Labute approximate surface area is 172 Å². The second kappa shape index (κ2) is 8.08. The molecule has 0 radical (unpaired) electrons. The topological polar surface area (TPSA) is 46.2 Å². The lowest BCUT2D eigenvalue weighted by atomic mass is 10.0. The van der Waals surface area contributed by atoms with Crippen molar-refractivity contribution in [2.75, 3.05) is 4.72 Å². The van der Waals surface area contributed by atoms with Crippen LogP contribution in [0, 0.1) is 26.8 Å². The van der Waals surface area contributed by atoms with Gasteiger partial charge < -0.3 is 0 Å². The Morgan fingerprint density at radius 1 is 0.857 bits per heavy atom. The average Bonchev–Trinajstić information content (AvgIpc) is 2.63. The fourth-order valence-corrected chi connectivity index (χ4v) is 4.21. The normalized spacial score (nSPS) is 11.5. The van der Waals surface area contributed by atoms with Crippen LogP contribution in [0.3, 0.4) is 0 Å². The van der Waals surface area contributed by atoms with E-state index in [0.29, 0.717) is 3.57 Å². The van der Waals surface area contributed by atoms with Crippen molar-refractivity contribution < 1.29 is 26.0 Å². The van der Waals surface area contributed by atoms with Crippen LogP contribution in [0.4, 0.5) is 23.2 Å². The van der Waals surface area contributed by atoms with Crippen LogP contribution in [-0.2, 0) is 16.4 Å². The third kappa shape index (κ3) is 4.30. The van der Waals surface area contributed by atoms with Gasteiger partial charge in [0.2, 0.25) is 0 Å². The average molecular weight is 521 g/mol. The summed E-state index contributed by atoms with van der Waals surface area (Å²) in [5.41, 5.74) is -0.642. The van der Waals surface area contributed by atoms with Crippen LogP contribution in [0.15, 0.2) is 59.5 Å². The lowest BCUT2D eigenvalue weighted by Crippen LogP contribution is -2.17. The molecule has 0 aliphatic rings. The first kappa shape index (κ1) is 20.6. The summed E-state index contributed by atoms with van der Waals surface area (Å²) >= 11 is 1.90. The van der Waals surface area contributed by atoms with E-state index in [1.807, 2.05) is 22.6 Å². The minimum Gasteiger partial charge on any atom is -0.279 e. The minimum atomic E-state index is -4.41. The van der Waals surface area contributed by atoms with E-state index in [1.165, 1.54) is 24.3 Å². The van der Waals surface area contributed by atoms with Crippen LogP contribution < -0.4 is 4.72 Å². The van der Waals surface area contributed by atoms with E-state index in [1.54, 1.807) is 6.07 Å². The van der Waals surface area contributed by atoms with E-state index in [4.69, 9.17) is 0 Å². The molecule has 0 bridgehead atoms. The maximum atomic E-state index is 14.4. The third-order valence-corrected chi connectivity index (χ3v) is 6.02. The fourth-order valence-electron chi connectivity index (χ4n) is 2.58. The molecule has 3 aromatic carbocycles.